The molecular formula is C11H22O6. The first-order chi connectivity index (χ1) is 7.70. The number of rotatable bonds is 3. The Morgan fingerprint density at radius 3 is 2.06 bits per heavy atom. The Morgan fingerprint density at radius 2 is 1.71 bits per heavy atom. The third kappa shape index (κ3) is 1.80. The predicted octanol–water partition coefficient (Wildman–Crippen LogP) is -0.743. The largest absolute Gasteiger partial charge is 0.394 e. The van der Waals surface area contributed by atoms with Gasteiger partial charge in [-0.05, 0) is 20.8 Å². The lowest BCUT2D eigenvalue weighted by Gasteiger charge is -2.58. The highest BCUT2D eigenvalue weighted by molar-refractivity contribution is 5.13. The highest BCUT2D eigenvalue weighted by Gasteiger charge is 2.67. The molecule has 1 fully saturated rings. The molecular weight excluding hydrogens is 228 g/mol. The molecule has 1 unspecified atom stereocenters. The predicted molar refractivity (Wildman–Crippen MR) is 59.4 cm³/mol. The van der Waals surface area contributed by atoms with Crippen molar-refractivity contribution in [3.05, 3.63) is 0 Å². The number of ether oxygens (including phenoxy) is 3. The molecule has 0 radical (unpaired) electrons. The van der Waals surface area contributed by atoms with Crippen molar-refractivity contribution in [3.8, 4) is 0 Å². The molecule has 6 nitrogen and oxygen atoms in total. The Morgan fingerprint density at radius 1 is 1.18 bits per heavy atom. The van der Waals surface area contributed by atoms with Gasteiger partial charge >= 0.3 is 0 Å². The van der Waals surface area contributed by atoms with Crippen molar-refractivity contribution in [2.45, 2.75) is 50.0 Å². The summed E-state index contributed by atoms with van der Waals surface area (Å²) in [4.78, 5) is 0. The van der Waals surface area contributed by atoms with E-state index in [1.807, 2.05) is 0 Å². The Hall–Kier alpha value is -0.240. The first-order valence-electron chi connectivity index (χ1n) is 5.49. The lowest BCUT2D eigenvalue weighted by atomic mass is 9.71. The summed E-state index contributed by atoms with van der Waals surface area (Å²) in [5, 5.41) is 29.7. The van der Waals surface area contributed by atoms with Gasteiger partial charge in [-0.1, -0.05) is 0 Å². The standard InChI is InChI=1S/C11H22O6/c1-9(15-4)8(13)7(6-12)17-11(3,14)10(9,2)16-5/h7-8,12-14H,6H2,1-5H3/t7-,8-,9+,10-,11?/m1/s1. The fraction of sp³-hybridized carbons (Fsp3) is 1.00. The maximum Gasteiger partial charge on any atom is 0.195 e. The Kier molecular flexibility index (Phi) is 3.88. The van der Waals surface area contributed by atoms with Crippen molar-refractivity contribution >= 4 is 0 Å². The smallest absolute Gasteiger partial charge is 0.195 e. The summed E-state index contributed by atoms with van der Waals surface area (Å²) in [6.45, 7) is 4.20. The molecule has 1 aliphatic heterocycles. The second-order valence-corrected chi connectivity index (χ2v) is 4.82. The van der Waals surface area contributed by atoms with Gasteiger partial charge in [0.25, 0.3) is 0 Å². The Balaban J connectivity index is 3.28. The van der Waals surface area contributed by atoms with Crippen LogP contribution in [0.2, 0.25) is 0 Å². The highest BCUT2D eigenvalue weighted by atomic mass is 16.7. The van der Waals surface area contributed by atoms with Gasteiger partial charge in [-0.15, -0.1) is 0 Å². The molecule has 0 amide bonds. The summed E-state index contributed by atoms with van der Waals surface area (Å²) >= 11 is 0. The van der Waals surface area contributed by atoms with E-state index in [1.165, 1.54) is 21.1 Å². The molecule has 0 bridgehead atoms. The topological polar surface area (TPSA) is 88.4 Å². The van der Waals surface area contributed by atoms with E-state index in [0.29, 0.717) is 0 Å². The molecule has 1 saturated heterocycles. The maximum atomic E-state index is 10.3. The molecule has 0 aromatic carbocycles. The zero-order valence-electron chi connectivity index (χ0n) is 10.9. The van der Waals surface area contributed by atoms with Gasteiger partial charge in [0.1, 0.15) is 23.4 Å². The van der Waals surface area contributed by atoms with E-state index < -0.39 is 35.8 Å². The van der Waals surface area contributed by atoms with Crippen molar-refractivity contribution in [2.75, 3.05) is 20.8 Å². The Bertz CT molecular complexity index is 281. The molecule has 0 aromatic heterocycles. The van der Waals surface area contributed by atoms with Crippen LogP contribution in [0.4, 0.5) is 0 Å². The van der Waals surface area contributed by atoms with Gasteiger partial charge in [-0.25, -0.2) is 0 Å². The van der Waals surface area contributed by atoms with Crippen molar-refractivity contribution < 1.29 is 29.5 Å². The molecule has 1 rings (SSSR count). The summed E-state index contributed by atoms with van der Waals surface area (Å²) < 4.78 is 16.0. The molecule has 6 heteroatoms. The van der Waals surface area contributed by atoms with Crippen molar-refractivity contribution in [1.29, 1.82) is 0 Å². The highest BCUT2D eigenvalue weighted by Crippen LogP contribution is 2.46. The number of methoxy groups -OCH3 is 2. The third-order valence-corrected chi connectivity index (χ3v) is 4.14. The van der Waals surface area contributed by atoms with Crippen LogP contribution in [0.3, 0.4) is 0 Å². The van der Waals surface area contributed by atoms with Crippen LogP contribution in [0.15, 0.2) is 0 Å². The summed E-state index contributed by atoms with van der Waals surface area (Å²) in [5.41, 5.74) is -2.49. The first kappa shape index (κ1) is 14.8. The maximum absolute atomic E-state index is 10.3. The van der Waals surface area contributed by atoms with Gasteiger partial charge in [0.15, 0.2) is 5.79 Å². The summed E-state index contributed by atoms with van der Waals surface area (Å²) in [5.74, 6) is -1.70. The molecule has 5 atom stereocenters. The van der Waals surface area contributed by atoms with Crippen LogP contribution in [0.1, 0.15) is 20.8 Å². The number of hydrogen-bond acceptors (Lipinski definition) is 6. The van der Waals surface area contributed by atoms with Crippen molar-refractivity contribution in [2.24, 2.45) is 0 Å². The van der Waals surface area contributed by atoms with Crippen molar-refractivity contribution in [3.63, 3.8) is 0 Å². The average Bonchev–Trinajstić information content (AvgIpc) is 2.31. The zero-order valence-corrected chi connectivity index (χ0v) is 10.9. The number of aliphatic hydroxyl groups excluding tert-OH is 2. The normalized spacial score (nSPS) is 51.5. The third-order valence-electron chi connectivity index (χ3n) is 4.14. The monoisotopic (exact) mass is 250 g/mol. The fourth-order valence-corrected chi connectivity index (χ4v) is 2.41. The van der Waals surface area contributed by atoms with Crippen LogP contribution >= 0.6 is 0 Å². The molecule has 0 aromatic rings. The quantitative estimate of drug-likeness (QED) is 0.611. The average molecular weight is 250 g/mol. The van der Waals surface area contributed by atoms with E-state index in [0.717, 1.165) is 0 Å². The van der Waals surface area contributed by atoms with E-state index in [1.54, 1.807) is 13.8 Å². The molecule has 1 aliphatic rings. The van der Waals surface area contributed by atoms with E-state index in [4.69, 9.17) is 14.2 Å². The van der Waals surface area contributed by atoms with Crippen LogP contribution in [0.5, 0.6) is 0 Å². The second kappa shape index (κ2) is 4.46. The summed E-state index contributed by atoms with van der Waals surface area (Å²) in [6.07, 6.45) is -2.05. The SMILES string of the molecule is CO[C@@]1(C)[C@H](O)[C@@H](CO)OC(C)(O)[C@]1(C)OC. The fourth-order valence-electron chi connectivity index (χ4n) is 2.41. The van der Waals surface area contributed by atoms with Crippen LogP contribution in [0, 0.1) is 0 Å². The Labute approximate surface area is 101 Å². The lowest BCUT2D eigenvalue weighted by molar-refractivity contribution is -0.409. The van der Waals surface area contributed by atoms with Crippen LogP contribution in [-0.4, -0.2) is 65.3 Å². The van der Waals surface area contributed by atoms with E-state index in [2.05, 4.69) is 0 Å². The zero-order chi connectivity index (χ0) is 13.5. The van der Waals surface area contributed by atoms with Gasteiger partial charge in [0.2, 0.25) is 0 Å². The number of hydrogen-bond donors (Lipinski definition) is 3. The molecule has 17 heavy (non-hydrogen) atoms. The molecule has 0 saturated carbocycles. The molecule has 102 valence electrons. The van der Waals surface area contributed by atoms with Gasteiger partial charge < -0.3 is 29.5 Å². The first-order valence-corrected chi connectivity index (χ1v) is 5.49. The minimum Gasteiger partial charge on any atom is -0.394 e. The van der Waals surface area contributed by atoms with Gasteiger partial charge in [-0.2, -0.15) is 0 Å². The molecule has 3 N–H and O–H groups in total. The van der Waals surface area contributed by atoms with Crippen LogP contribution in [-0.2, 0) is 14.2 Å². The van der Waals surface area contributed by atoms with Crippen molar-refractivity contribution in [1.82, 2.24) is 0 Å². The van der Waals surface area contributed by atoms with Crippen LogP contribution < -0.4 is 0 Å². The van der Waals surface area contributed by atoms with Crippen LogP contribution in [0.25, 0.3) is 0 Å². The van der Waals surface area contributed by atoms with Gasteiger partial charge in [-0.3, -0.25) is 0 Å². The van der Waals surface area contributed by atoms with E-state index in [9.17, 15) is 15.3 Å². The second-order valence-electron chi connectivity index (χ2n) is 4.82. The summed E-state index contributed by atoms with van der Waals surface area (Å²) in [6, 6.07) is 0. The van der Waals surface area contributed by atoms with Gasteiger partial charge in [0, 0.05) is 14.2 Å². The minimum absolute atomic E-state index is 0.421. The molecule has 0 spiro atoms. The van der Waals surface area contributed by atoms with E-state index >= 15 is 0 Å². The lowest BCUT2D eigenvalue weighted by Crippen LogP contribution is -2.77. The van der Waals surface area contributed by atoms with E-state index in [-0.39, 0.29) is 0 Å². The number of aliphatic hydroxyl groups is 3. The summed E-state index contributed by atoms with van der Waals surface area (Å²) in [7, 11) is 2.82. The molecule has 1 heterocycles. The minimum atomic E-state index is -1.70. The van der Waals surface area contributed by atoms with Gasteiger partial charge in [0.05, 0.1) is 6.61 Å². The molecule has 0 aliphatic carbocycles.